The Kier molecular flexibility index (Phi) is 7.92. The summed E-state index contributed by atoms with van der Waals surface area (Å²) in [6.45, 7) is 3.25. The molecule has 0 N–H and O–H groups in total. The molecule has 1 aliphatic heterocycles. The molecule has 0 amide bonds. The Morgan fingerprint density at radius 2 is 1.92 bits per heavy atom. The summed E-state index contributed by atoms with van der Waals surface area (Å²) < 4.78 is 36.5. The van der Waals surface area contributed by atoms with Gasteiger partial charge in [-0.25, -0.2) is 4.68 Å². The summed E-state index contributed by atoms with van der Waals surface area (Å²) in [5.41, 5.74) is 4.43. The lowest BCUT2D eigenvalue weighted by Crippen LogP contribution is -2.24. The molecule has 3 aromatic heterocycles. The zero-order valence-corrected chi connectivity index (χ0v) is 22.1. The smallest absolute Gasteiger partial charge is 0.215 e. The van der Waals surface area contributed by atoms with Gasteiger partial charge in [-0.2, -0.15) is 29.0 Å². The predicted molar refractivity (Wildman–Crippen MR) is 139 cm³/mol. The van der Waals surface area contributed by atoms with E-state index in [1.807, 2.05) is 50.5 Å². The topological polar surface area (TPSA) is 87.3 Å². The van der Waals surface area contributed by atoms with Gasteiger partial charge < -0.3 is 4.74 Å². The number of pyridine rings is 1. The molecule has 0 bridgehead atoms. The second kappa shape index (κ2) is 11.5. The number of rotatable bonds is 10. The van der Waals surface area contributed by atoms with Crippen LogP contribution in [-0.4, -0.2) is 62.2 Å². The van der Waals surface area contributed by atoms with Gasteiger partial charge in [0.05, 0.1) is 29.9 Å². The molecule has 4 aromatic rings. The first-order valence-corrected chi connectivity index (χ1v) is 12.7. The Morgan fingerprint density at radius 3 is 2.59 bits per heavy atom. The van der Waals surface area contributed by atoms with Crippen molar-refractivity contribution in [2.45, 2.75) is 25.9 Å². The fourth-order valence-electron chi connectivity index (χ4n) is 5.03. The Bertz CT molecular complexity index is 1430. The third-order valence-electron chi connectivity index (χ3n) is 6.86. The molecule has 1 aromatic carbocycles. The molecule has 0 radical (unpaired) electrons. The van der Waals surface area contributed by atoms with Gasteiger partial charge in [0.15, 0.2) is 0 Å². The lowest BCUT2D eigenvalue weighted by Gasteiger charge is -2.18. The normalized spacial score (nSPS) is 17.7. The Hall–Kier alpha value is -3.80. The standard InChI is InChI=1S/C28H30F2N6O3/c1-18-24(36(22-7-5-4-6-8-22)33-27(18)21-15-31-34(2)16-21)14-23(37)11-20-17-35(9-10-38-3)39-28(20)19-12-25(29)32-26(30)13-19/h4-8,12-13,15-16,20,28H,9-11,14,17H2,1-3H3/t20-,28+/m1/s1. The second-order valence-electron chi connectivity index (χ2n) is 9.70. The molecule has 1 aliphatic rings. The fourth-order valence-corrected chi connectivity index (χ4v) is 5.03. The van der Waals surface area contributed by atoms with Crippen LogP contribution in [0.1, 0.15) is 29.3 Å². The summed E-state index contributed by atoms with van der Waals surface area (Å²) in [4.78, 5) is 22.8. The van der Waals surface area contributed by atoms with E-state index in [9.17, 15) is 13.6 Å². The van der Waals surface area contributed by atoms with Crippen LogP contribution in [0.15, 0.2) is 54.9 Å². The molecule has 4 heterocycles. The molecule has 0 aliphatic carbocycles. The van der Waals surface area contributed by atoms with E-state index in [0.717, 1.165) is 40.3 Å². The molecule has 1 saturated heterocycles. The van der Waals surface area contributed by atoms with Crippen molar-refractivity contribution in [3.63, 3.8) is 0 Å². The minimum atomic E-state index is -0.931. The van der Waals surface area contributed by atoms with Gasteiger partial charge >= 0.3 is 0 Å². The second-order valence-corrected chi connectivity index (χ2v) is 9.70. The van der Waals surface area contributed by atoms with E-state index >= 15 is 0 Å². The van der Waals surface area contributed by atoms with Gasteiger partial charge in [-0.05, 0) is 42.3 Å². The van der Waals surface area contributed by atoms with Crippen LogP contribution in [0.3, 0.4) is 0 Å². The molecule has 1 fully saturated rings. The van der Waals surface area contributed by atoms with E-state index in [2.05, 4.69) is 10.1 Å². The maximum atomic E-state index is 13.9. The first-order chi connectivity index (χ1) is 18.8. The van der Waals surface area contributed by atoms with Gasteiger partial charge in [0.2, 0.25) is 11.9 Å². The summed E-state index contributed by atoms with van der Waals surface area (Å²) in [6, 6.07) is 11.9. The van der Waals surface area contributed by atoms with Gasteiger partial charge in [-0.1, -0.05) is 18.2 Å². The Balaban J connectivity index is 1.42. The molecular formula is C28H30F2N6O3. The molecule has 11 heteroatoms. The number of hydroxylamine groups is 2. The summed E-state index contributed by atoms with van der Waals surface area (Å²) in [5.74, 6) is -2.21. The average molecular weight is 537 g/mol. The molecule has 5 rings (SSSR count). The van der Waals surface area contributed by atoms with Crippen molar-refractivity contribution in [1.82, 2.24) is 29.6 Å². The zero-order valence-electron chi connectivity index (χ0n) is 22.1. The number of ether oxygens (including phenoxy) is 1. The summed E-state index contributed by atoms with van der Waals surface area (Å²) in [5, 5.41) is 10.8. The molecule has 204 valence electrons. The van der Waals surface area contributed by atoms with E-state index in [-0.39, 0.29) is 24.5 Å². The Morgan fingerprint density at radius 1 is 1.18 bits per heavy atom. The summed E-state index contributed by atoms with van der Waals surface area (Å²) in [7, 11) is 3.42. The highest BCUT2D eigenvalue weighted by Gasteiger charge is 2.37. The minimum Gasteiger partial charge on any atom is -0.383 e. The summed E-state index contributed by atoms with van der Waals surface area (Å²) >= 11 is 0. The zero-order chi connectivity index (χ0) is 27.5. The number of hydrogen-bond acceptors (Lipinski definition) is 7. The van der Waals surface area contributed by atoms with E-state index in [1.54, 1.807) is 27.7 Å². The highest BCUT2D eigenvalue weighted by atomic mass is 19.1. The maximum Gasteiger partial charge on any atom is 0.215 e. The van der Waals surface area contributed by atoms with Gasteiger partial charge in [0.25, 0.3) is 0 Å². The number of para-hydroxylation sites is 1. The van der Waals surface area contributed by atoms with Crippen LogP contribution in [0.25, 0.3) is 16.9 Å². The average Bonchev–Trinajstić information content (AvgIpc) is 3.60. The number of hydrogen-bond donors (Lipinski definition) is 0. The van der Waals surface area contributed by atoms with Gasteiger partial charge in [0.1, 0.15) is 11.9 Å². The van der Waals surface area contributed by atoms with Crippen molar-refractivity contribution < 1.29 is 23.1 Å². The van der Waals surface area contributed by atoms with Crippen molar-refractivity contribution in [3.8, 4) is 16.9 Å². The lowest BCUT2D eigenvalue weighted by atomic mass is 9.90. The molecule has 9 nitrogen and oxygen atoms in total. The quantitative estimate of drug-likeness (QED) is 0.283. The monoisotopic (exact) mass is 536 g/mol. The number of benzene rings is 1. The number of carbonyl (C=O) groups excluding carboxylic acids is 1. The molecule has 0 spiro atoms. The first-order valence-electron chi connectivity index (χ1n) is 12.7. The molecule has 39 heavy (non-hydrogen) atoms. The largest absolute Gasteiger partial charge is 0.383 e. The lowest BCUT2D eigenvalue weighted by molar-refractivity contribution is -0.155. The van der Waals surface area contributed by atoms with Crippen molar-refractivity contribution in [3.05, 3.63) is 83.6 Å². The van der Waals surface area contributed by atoms with Crippen LogP contribution < -0.4 is 0 Å². The van der Waals surface area contributed by atoms with Crippen molar-refractivity contribution in [2.24, 2.45) is 13.0 Å². The number of nitrogens with zero attached hydrogens (tertiary/aromatic N) is 6. The fraction of sp³-hybridized carbons (Fsp3) is 0.357. The SMILES string of the molecule is COCCN1C[C@@H](CC(=O)Cc2c(C)c(-c3cnn(C)c3)nn2-c2ccccc2)[C@H](c2cc(F)nc(F)c2)O1. The van der Waals surface area contributed by atoms with Crippen molar-refractivity contribution >= 4 is 5.78 Å². The predicted octanol–water partition coefficient (Wildman–Crippen LogP) is 4.01. The minimum absolute atomic E-state index is 0.0323. The van der Waals surface area contributed by atoms with Crippen LogP contribution in [0.4, 0.5) is 8.78 Å². The number of aryl methyl sites for hydroxylation is 1. The van der Waals surface area contributed by atoms with E-state index in [4.69, 9.17) is 14.7 Å². The van der Waals surface area contributed by atoms with Gasteiger partial charge in [-0.15, -0.1) is 0 Å². The first kappa shape index (κ1) is 26.8. The maximum absolute atomic E-state index is 13.9. The van der Waals surface area contributed by atoms with E-state index in [0.29, 0.717) is 25.3 Å². The van der Waals surface area contributed by atoms with Crippen molar-refractivity contribution in [2.75, 3.05) is 26.8 Å². The molecular weight excluding hydrogens is 506 g/mol. The van der Waals surface area contributed by atoms with Crippen LogP contribution >= 0.6 is 0 Å². The van der Waals surface area contributed by atoms with Gasteiger partial charge in [0, 0.05) is 57.8 Å². The molecule has 2 atom stereocenters. The number of ketones is 1. The van der Waals surface area contributed by atoms with Crippen LogP contribution in [0.2, 0.25) is 0 Å². The van der Waals surface area contributed by atoms with Crippen LogP contribution in [-0.2, 0) is 27.8 Å². The van der Waals surface area contributed by atoms with Crippen molar-refractivity contribution in [1.29, 1.82) is 0 Å². The van der Waals surface area contributed by atoms with E-state index < -0.39 is 18.0 Å². The number of aromatic nitrogens is 5. The summed E-state index contributed by atoms with van der Waals surface area (Å²) in [6.07, 6.45) is 3.23. The molecule has 0 unspecified atom stereocenters. The third-order valence-corrected chi connectivity index (χ3v) is 6.86. The van der Waals surface area contributed by atoms with E-state index in [1.165, 1.54) is 0 Å². The third kappa shape index (κ3) is 5.95. The van der Waals surface area contributed by atoms with Crippen LogP contribution in [0.5, 0.6) is 0 Å². The highest BCUT2D eigenvalue weighted by molar-refractivity contribution is 5.82. The van der Waals surface area contributed by atoms with Gasteiger partial charge in [-0.3, -0.25) is 14.3 Å². The van der Waals surface area contributed by atoms with Crippen LogP contribution in [0, 0.1) is 24.7 Å². The number of Topliss-reactive ketones (excluding diaryl/α,β-unsaturated/α-hetero) is 1. The highest BCUT2D eigenvalue weighted by Crippen LogP contribution is 2.37. The Labute approximate surface area is 224 Å². The number of methoxy groups -OCH3 is 1. The number of halogens is 2. The molecule has 0 saturated carbocycles. The number of carbonyl (C=O) groups is 1.